The standard InChI is InChI=1S/C23H34N4O2/c1-25(2)20-10-17-12-27(13-18(17)11-21(20)29-14-15-4-5-15)23(28)19-7-6-16-8-9-26(3)22(16)24-19/h6-7,15,17-18,20-21H,4-5,8-14H2,1-3H3/t17-,18+,20-,21-/m1/s1. The van der Waals surface area contributed by atoms with Crippen LogP contribution in [0.5, 0.6) is 0 Å². The number of ether oxygens (including phenoxy) is 1. The van der Waals surface area contributed by atoms with Gasteiger partial charge in [-0.25, -0.2) is 4.98 Å². The maximum atomic E-state index is 13.2. The van der Waals surface area contributed by atoms with Crippen molar-refractivity contribution < 1.29 is 9.53 Å². The van der Waals surface area contributed by atoms with Gasteiger partial charge in [-0.3, -0.25) is 4.79 Å². The third-order valence-electron chi connectivity index (χ3n) is 7.53. The summed E-state index contributed by atoms with van der Waals surface area (Å²) in [6.07, 6.45) is 6.18. The lowest BCUT2D eigenvalue weighted by molar-refractivity contribution is -0.0493. The van der Waals surface area contributed by atoms with E-state index in [0.29, 0.717) is 29.7 Å². The molecule has 5 rings (SSSR count). The Hall–Kier alpha value is -1.66. The summed E-state index contributed by atoms with van der Waals surface area (Å²) in [5.74, 6) is 3.00. The molecule has 0 aromatic carbocycles. The minimum Gasteiger partial charge on any atom is -0.376 e. The second-order valence-electron chi connectivity index (χ2n) is 9.90. The number of carbonyl (C=O) groups is 1. The van der Waals surface area contributed by atoms with Gasteiger partial charge in [-0.1, -0.05) is 6.07 Å². The van der Waals surface area contributed by atoms with Gasteiger partial charge in [0.1, 0.15) is 11.5 Å². The molecule has 1 amide bonds. The highest BCUT2D eigenvalue weighted by atomic mass is 16.5. The predicted octanol–water partition coefficient (Wildman–Crippen LogP) is 2.28. The molecule has 6 nitrogen and oxygen atoms in total. The third kappa shape index (κ3) is 3.77. The van der Waals surface area contributed by atoms with Crippen molar-refractivity contribution in [3.8, 4) is 0 Å². The van der Waals surface area contributed by atoms with Gasteiger partial charge in [-0.15, -0.1) is 0 Å². The minimum absolute atomic E-state index is 0.0966. The van der Waals surface area contributed by atoms with E-state index in [1.807, 2.05) is 6.07 Å². The second kappa shape index (κ2) is 7.55. The van der Waals surface area contributed by atoms with Crippen molar-refractivity contribution in [1.29, 1.82) is 0 Å². The molecule has 0 bridgehead atoms. The number of hydrogen-bond acceptors (Lipinski definition) is 5. The van der Waals surface area contributed by atoms with Gasteiger partial charge in [0.05, 0.1) is 6.10 Å². The average molecular weight is 399 g/mol. The highest BCUT2D eigenvalue weighted by Gasteiger charge is 2.45. The zero-order chi connectivity index (χ0) is 20.1. The van der Waals surface area contributed by atoms with Gasteiger partial charge in [0, 0.05) is 39.3 Å². The lowest BCUT2D eigenvalue weighted by Gasteiger charge is -2.41. The number of rotatable bonds is 5. The van der Waals surface area contributed by atoms with E-state index in [0.717, 1.165) is 57.2 Å². The zero-order valence-electron chi connectivity index (χ0n) is 18.0. The Bertz CT molecular complexity index is 778. The lowest BCUT2D eigenvalue weighted by Crippen LogP contribution is -2.48. The summed E-state index contributed by atoms with van der Waals surface area (Å²) in [6, 6.07) is 4.47. The number of pyridine rings is 1. The van der Waals surface area contributed by atoms with Gasteiger partial charge >= 0.3 is 0 Å². The molecule has 29 heavy (non-hydrogen) atoms. The number of likely N-dealkylation sites (tertiary alicyclic amines) is 1. The van der Waals surface area contributed by atoms with Gasteiger partial charge in [0.15, 0.2) is 0 Å². The summed E-state index contributed by atoms with van der Waals surface area (Å²) in [4.78, 5) is 24.5. The van der Waals surface area contributed by atoms with Crippen LogP contribution in [0.15, 0.2) is 12.1 Å². The second-order valence-corrected chi connectivity index (χ2v) is 9.90. The van der Waals surface area contributed by atoms with E-state index in [4.69, 9.17) is 9.72 Å². The van der Waals surface area contributed by atoms with E-state index in [-0.39, 0.29) is 5.91 Å². The molecule has 1 aromatic rings. The largest absolute Gasteiger partial charge is 0.376 e. The summed E-state index contributed by atoms with van der Waals surface area (Å²) < 4.78 is 6.37. The number of carbonyl (C=O) groups excluding carboxylic acids is 1. The van der Waals surface area contributed by atoms with E-state index < -0.39 is 0 Å². The normalized spacial score (nSPS) is 31.3. The Balaban J connectivity index is 1.27. The smallest absolute Gasteiger partial charge is 0.272 e. The van der Waals surface area contributed by atoms with Gasteiger partial charge in [-0.2, -0.15) is 0 Å². The Kier molecular flexibility index (Phi) is 5.03. The monoisotopic (exact) mass is 398 g/mol. The minimum atomic E-state index is 0.0966. The highest BCUT2D eigenvalue weighted by Crippen LogP contribution is 2.40. The molecule has 2 aliphatic heterocycles. The lowest BCUT2D eigenvalue weighted by atomic mass is 9.77. The van der Waals surface area contributed by atoms with Gasteiger partial charge < -0.3 is 19.4 Å². The first kappa shape index (κ1) is 19.3. The first-order valence-electron chi connectivity index (χ1n) is 11.3. The molecule has 3 fully saturated rings. The highest BCUT2D eigenvalue weighted by molar-refractivity contribution is 5.93. The number of aromatic nitrogens is 1. The summed E-state index contributed by atoms with van der Waals surface area (Å²) in [5, 5.41) is 0. The van der Waals surface area contributed by atoms with Gasteiger partial charge in [0.2, 0.25) is 0 Å². The molecule has 1 saturated heterocycles. The molecular weight excluding hydrogens is 364 g/mol. The van der Waals surface area contributed by atoms with Crippen molar-refractivity contribution in [2.75, 3.05) is 52.3 Å². The van der Waals surface area contributed by atoms with Crippen LogP contribution >= 0.6 is 0 Å². The number of hydrogen-bond donors (Lipinski definition) is 0. The van der Waals surface area contributed by atoms with Crippen molar-refractivity contribution in [1.82, 2.24) is 14.8 Å². The Labute approximate surface area is 174 Å². The molecule has 3 heterocycles. The van der Waals surface area contributed by atoms with E-state index in [9.17, 15) is 4.79 Å². The number of anilines is 1. The van der Waals surface area contributed by atoms with E-state index >= 15 is 0 Å². The van der Waals surface area contributed by atoms with Crippen LogP contribution in [0.2, 0.25) is 0 Å². The van der Waals surface area contributed by atoms with E-state index in [1.54, 1.807) is 0 Å². The van der Waals surface area contributed by atoms with E-state index in [2.05, 4.69) is 41.9 Å². The van der Waals surface area contributed by atoms with Crippen LogP contribution in [0.4, 0.5) is 5.82 Å². The fourth-order valence-corrected chi connectivity index (χ4v) is 5.50. The first-order chi connectivity index (χ1) is 14.0. The maximum Gasteiger partial charge on any atom is 0.272 e. The van der Waals surface area contributed by atoms with Crippen LogP contribution < -0.4 is 4.90 Å². The zero-order valence-corrected chi connectivity index (χ0v) is 18.0. The van der Waals surface area contributed by atoms with Crippen molar-refractivity contribution in [3.63, 3.8) is 0 Å². The van der Waals surface area contributed by atoms with Crippen LogP contribution in [-0.4, -0.2) is 80.2 Å². The summed E-state index contributed by atoms with van der Waals surface area (Å²) in [7, 11) is 6.39. The van der Waals surface area contributed by atoms with Gasteiger partial charge in [-0.05, 0) is 75.6 Å². The summed E-state index contributed by atoms with van der Waals surface area (Å²) >= 11 is 0. The predicted molar refractivity (Wildman–Crippen MR) is 113 cm³/mol. The Morgan fingerprint density at radius 2 is 1.97 bits per heavy atom. The Morgan fingerprint density at radius 3 is 2.69 bits per heavy atom. The van der Waals surface area contributed by atoms with Crippen LogP contribution in [0.1, 0.15) is 41.7 Å². The summed E-state index contributed by atoms with van der Waals surface area (Å²) in [5.41, 5.74) is 1.85. The van der Waals surface area contributed by atoms with Crippen LogP contribution in [0, 0.1) is 17.8 Å². The molecule has 4 aliphatic rings. The molecule has 0 radical (unpaired) electrons. The van der Waals surface area contributed by atoms with Crippen molar-refractivity contribution in [2.24, 2.45) is 17.8 Å². The molecule has 2 saturated carbocycles. The first-order valence-corrected chi connectivity index (χ1v) is 11.3. The number of fused-ring (bicyclic) bond motifs is 2. The molecule has 0 N–H and O–H groups in total. The van der Waals surface area contributed by atoms with Crippen LogP contribution in [0.3, 0.4) is 0 Å². The summed E-state index contributed by atoms with van der Waals surface area (Å²) in [6.45, 7) is 3.61. The molecule has 158 valence electrons. The quantitative estimate of drug-likeness (QED) is 0.762. The molecule has 2 aliphatic carbocycles. The molecule has 1 aromatic heterocycles. The van der Waals surface area contributed by atoms with Crippen molar-refractivity contribution in [2.45, 2.75) is 44.2 Å². The van der Waals surface area contributed by atoms with Gasteiger partial charge in [0.25, 0.3) is 5.91 Å². The van der Waals surface area contributed by atoms with Crippen molar-refractivity contribution in [3.05, 3.63) is 23.4 Å². The molecule has 0 spiro atoms. The number of amides is 1. The third-order valence-corrected chi connectivity index (χ3v) is 7.53. The topological polar surface area (TPSA) is 48.9 Å². The molecule has 0 unspecified atom stereocenters. The fourth-order valence-electron chi connectivity index (χ4n) is 5.50. The van der Waals surface area contributed by atoms with E-state index in [1.165, 1.54) is 18.4 Å². The van der Waals surface area contributed by atoms with Crippen molar-refractivity contribution >= 4 is 11.7 Å². The SMILES string of the molecule is CN1CCc2ccc(C(=O)N3C[C@H]4C[C@@H](N(C)C)[C@H](OCC5CC5)C[C@H]4C3)nc21. The Morgan fingerprint density at radius 1 is 1.21 bits per heavy atom. The average Bonchev–Trinajstić information content (AvgIpc) is 3.34. The number of likely N-dealkylation sites (N-methyl/N-ethyl adjacent to an activating group) is 2. The van der Waals surface area contributed by atoms with Crippen LogP contribution in [-0.2, 0) is 11.2 Å². The maximum absolute atomic E-state index is 13.2. The molecular formula is C23H34N4O2. The fraction of sp³-hybridized carbons (Fsp3) is 0.739. The number of nitrogens with zero attached hydrogens (tertiary/aromatic N) is 4. The molecule has 6 heteroatoms. The van der Waals surface area contributed by atoms with Crippen LogP contribution in [0.25, 0.3) is 0 Å². The molecule has 4 atom stereocenters.